The molecule has 0 aliphatic heterocycles. The minimum Gasteiger partial charge on any atom is -0.490 e. The maximum Gasteiger partial charge on any atom is 0.134 e. The summed E-state index contributed by atoms with van der Waals surface area (Å²) in [5.41, 5.74) is 0. The summed E-state index contributed by atoms with van der Waals surface area (Å²) in [5, 5.41) is 0. The molecule has 0 saturated heterocycles. The molecule has 1 aromatic rings. The van der Waals surface area contributed by atoms with E-state index in [0.717, 1.165) is 10.2 Å². The van der Waals surface area contributed by atoms with Crippen LogP contribution in [0.1, 0.15) is 13.8 Å². The van der Waals surface area contributed by atoms with Crippen LogP contribution in [0, 0.1) is 0 Å². The highest BCUT2D eigenvalue weighted by Crippen LogP contribution is 2.30. The van der Waals surface area contributed by atoms with Crippen molar-refractivity contribution in [3.05, 3.63) is 22.7 Å². The van der Waals surface area contributed by atoms with Gasteiger partial charge in [-0.25, -0.2) is 0 Å². The third-order valence-electron chi connectivity index (χ3n) is 1.50. The second kappa shape index (κ2) is 4.91. The van der Waals surface area contributed by atoms with Gasteiger partial charge in [-0.15, -0.1) is 11.8 Å². The van der Waals surface area contributed by atoms with Crippen molar-refractivity contribution in [2.24, 2.45) is 0 Å². The third-order valence-corrected chi connectivity index (χ3v) is 2.88. The van der Waals surface area contributed by atoms with Crippen molar-refractivity contribution >= 4 is 27.7 Å². The van der Waals surface area contributed by atoms with E-state index >= 15 is 0 Å². The van der Waals surface area contributed by atoms with Crippen LogP contribution in [0.3, 0.4) is 0 Å². The fourth-order valence-corrected chi connectivity index (χ4v) is 1.72. The minimum absolute atomic E-state index is 0.216. The molecular weight excluding hydrogens is 248 g/mol. The Bertz CT molecular complexity index is 286. The zero-order valence-electron chi connectivity index (χ0n) is 8.00. The van der Waals surface area contributed by atoms with Crippen molar-refractivity contribution in [3.8, 4) is 5.75 Å². The minimum atomic E-state index is 0.216. The summed E-state index contributed by atoms with van der Waals surface area (Å²) < 4.78 is 6.64. The Morgan fingerprint density at radius 1 is 1.38 bits per heavy atom. The van der Waals surface area contributed by atoms with Gasteiger partial charge in [-0.2, -0.15) is 0 Å². The summed E-state index contributed by atoms with van der Waals surface area (Å²) in [7, 11) is 0. The number of hydrogen-bond donors (Lipinski definition) is 0. The summed E-state index contributed by atoms with van der Waals surface area (Å²) in [6.45, 7) is 4.05. The molecule has 72 valence electrons. The number of hydrogen-bond acceptors (Lipinski definition) is 2. The van der Waals surface area contributed by atoms with Crippen LogP contribution in [0.15, 0.2) is 27.6 Å². The van der Waals surface area contributed by atoms with Crippen LogP contribution in [0.2, 0.25) is 0 Å². The Hall–Kier alpha value is -0.150. The molecule has 13 heavy (non-hydrogen) atoms. The predicted molar refractivity (Wildman–Crippen MR) is 61.7 cm³/mol. The molecule has 0 bridgehead atoms. The van der Waals surface area contributed by atoms with Gasteiger partial charge in [0.2, 0.25) is 0 Å². The van der Waals surface area contributed by atoms with E-state index in [0.29, 0.717) is 0 Å². The second-order valence-corrected chi connectivity index (χ2v) is 4.70. The van der Waals surface area contributed by atoms with Gasteiger partial charge in [0.25, 0.3) is 0 Å². The Labute approximate surface area is 92.0 Å². The van der Waals surface area contributed by atoms with Crippen molar-refractivity contribution in [3.63, 3.8) is 0 Å². The Morgan fingerprint density at radius 3 is 2.62 bits per heavy atom. The molecule has 0 aliphatic carbocycles. The zero-order chi connectivity index (χ0) is 9.84. The Morgan fingerprint density at radius 2 is 2.08 bits per heavy atom. The molecule has 0 radical (unpaired) electrons. The van der Waals surface area contributed by atoms with Crippen molar-refractivity contribution < 1.29 is 4.74 Å². The zero-order valence-corrected chi connectivity index (χ0v) is 10.4. The number of halogens is 1. The molecule has 3 heteroatoms. The lowest BCUT2D eigenvalue weighted by atomic mass is 10.3. The SMILES string of the molecule is CSc1ccc(Br)c(OC(C)C)c1. The number of rotatable bonds is 3. The number of ether oxygens (including phenoxy) is 1. The quantitative estimate of drug-likeness (QED) is 0.762. The highest BCUT2D eigenvalue weighted by Gasteiger charge is 2.03. The molecule has 1 rings (SSSR count). The average Bonchev–Trinajstić information content (AvgIpc) is 2.08. The van der Waals surface area contributed by atoms with Gasteiger partial charge in [0, 0.05) is 4.90 Å². The van der Waals surface area contributed by atoms with Gasteiger partial charge < -0.3 is 4.74 Å². The van der Waals surface area contributed by atoms with Gasteiger partial charge in [-0.1, -0.05) is 0 Å². The standard InChI is InChI=1S/C10H13BrOS/c1-7(2)12-10-6-8(13-3)4-5-9(10)11/h4-7H,1-3H3. The maximum atomic E-state index is 5.63. The van der Waals surface area contributed by atoms with E-state index in [1.807, 2.05) is 19.9 Å². The number of thioether (sulfide) groups is 1. The van der Waals surface area contributed by atoms with E-state index in [-0.39, 0.29) is 6.10 Å². The van der Waals surface area contributed by atoms with Crippen molar-refractivity contribution in [2.75, 3.05) is 6.26 Å². The topological polar surface area (TPSA) is 9.23 Å². The maximum absolute atomic E-state index is 5.63. The summed E-state index contributed by atoms with van der Waals surface area (Å²) in [6, 6.07) is 6.14. The van der Waals surface area contributed by atoms with Gasteiger partial charge in [0.05, 0.1) is 10.6 Å². The van der Waals surface area contributed by atoms with Crippen molar-refractivity contribution in [1.29, 1.82) is 0 Å². The van der Waals surface area contributed by atoms with Crippen LogP contribution >= 0.6 is 27.7 Å². The molecule has 0 fully saturated rings. The third kappa shape index (κ3) is 3.24. The first kappa shape index (κ1) is 10.9. The van der Waals surface area contributed by atoms with E-state index in [9.17, 15) is 0 Å². The molecule has 0 aromatic heterocycles. The molecule has 1 nitrogen and oxygen atoms in total. The van der Waals surface area contributed by atoms with E-state index in [2.05, 4.69) is 34.3 Å². The largest absolute Gasteiger partial charge is 0.490 e. The summed E-state index contributed by atoms with van der Waals surface area (Å²) in [5.74, 6) is 0.918. The van der Waals surface area contributed by atoms with Crippen LogP contribution in [-0.4, -0.2) is 12.4 Å². The molecule has 0 N–H and O–H groups in total. The van der Waals surface area contributed by atoms with Gasteiger partial charge in [0.1, 0.15) is 5.75 Å². The van der Waals surface area contributed by atoms with E-state index < -0.39 is 0 Å². The molecule has 0 aliphatic rings. The molecule has 0 heterocycles. The first-order valence-corrected chi connectivity index (χ1v) is 6.15. The van der Waals surface area contributed by atoms with Gasteiger partial charge in [0.15, 0.2) is 0 Å². The molecule has 0 spiro atoms. The predicted octanol–water partition coefficient (Wildman–Crippen LogP) is 3.96. The second-order valence-electron chi connectivity index (χ2n) is 2.96. The molecule has 1 aromatic carbocycles. The van der Waals surface area contributed by atoms with Crippen LogP contribution in [0.25, 0.3) is 0 Å². The summed E-state index contributed by atoms with van der Waals surface area (Å²) in [4.78, 5) is 1.22. The highest BCUT2D eigenvalue weighted by molar-refractivity contribution is 9.10. The van der Waals surface area contributed by atoms with Crippen LogP contribution in [0.5, 0.6) is 5.75 Å². The molecule has 0 unspecified atom stereocenters. The Balaban J connectivity index is 2.90. The monoisotopic (exact) mass is 260 g/mol. The first-order chi connectivity index (χ1) is 6.13. The van der Waals surface area contributed by atoms with E-state index in [4.69, 9.17) is 4.74 Å². The first-order valence-electron chi connectivity index (χ1n) is 4.13. The lowest BCUT2D eigenvalue weighted by molar-refractivity contribution is 0.240. The van der Waals surface area contributed by atoms with Gasteiger partial charge >= 0.3 is 0 Å². The lowest BCUT2D eigenvalue weighted by Crippen LogP contribution is -2.05. The smallest absolute Gasteiger partial charge is 0.134 e. The molecule has 0 saturated carbocycles. The normalized spacial score (nSPS) is 10.5. The molecule has 0 amide bonds. The fraction of sp³-hybridized carbons (Fsp3) is 0.400. The summed E-state index contributed by atoms with van der Waals surface area (Å²) in [6.07, 6.45) is 2.27. The van der Waals surface area contributed by atoms with Gasteiger partial charge in [-0.05, 0) is 54.2 Å². The van der Waals surface area contributed by atoms with Crippen LogP contribution in [-0.2, 0) is 0 Å². The number of benzene rings is 1. The van der Waals surface area contributed by atoms with Crippen molar-refractivity contribution in [1.82, 2.24) is 0 Å². The van der Waals surface area contributed by atoms with Crippen LogP contribution < -0.4 is 4.74 Å². The van der Waals surface area contributed by atoms with Crippen molar-refractivity contribution in [2.45, 2.75) is 24.8 Å². The van der Waals surface area contributed by atoms with E-state index in [1.165, 1.54) is 4.90 Å². The Kier molecular flexibility index (Phi) is 4.13. The lowest BCUT2D eigenvalue weighted by Gasteiger charge is -2.12. The van der Waals surface area contributed by atoms with E-state index in [1.54, 1.807) is 11.8 Å². The highest BCUT2D eigenvalue weighted by atomic mass is 79.9. The van der Waals surface area contributed by atoms with Gasteiger partial charge in [-0.3, -0.25) is 0 Å². The molecular formula is C10H13BrOS. The summed E-state index contributed by atoms with van der Waals surface area (Å²) >= 11 is 5.17. The molecule has 0 atom stereocenters. The van der Waals surface area contributed by atoms with Crippen LogP contribution in [0.4, 0.5) is 0 Å². The average molecular weight is 261 g/mol. The fourth-order valence-electron chi connectivity index (χ4n) is 0.955.